The second-order valence-corrected chi connectivity index (χ2v) is 8.87. The number of benzene rings is 1. The van der Waals surface area contributed by atoms with E-state index in [0.717, 1.165) is 6.42 Å². The summed E-state index contributed by atoms with van der Waals surface area (Å²) in [7, 11) is 0. The van der Waals surface area contributed by atoms with Crippen LogP contribution in [0.1, 0.15) is 59.1 Å². The lowest BCUT2D eigenvalue weighted by molar-refractivity contribution is -0.120. The maximum atomic E-state index is 12.0. The molecular weight excluding hydrogens is 356 g/mol. The van der Waals surface area contributed by atoms with Gasteiger partial charge in [-0.2, -0.15) is 0 Å². The van der Waals surface area contributed by atoms with E-state index >= 15 is 0 Å². The molecule has 0 aliphatic heterocycles. The van der Waals surface area contributed by atoms with Gasteiger partial charge in [0.05, 0.1) is 4.88 Å². The van der Waals surface area contributed by atoms with E-state index in [2.05, 4.69) is 57.4 Å². The lowest BCUT2D eigenvalue weighted by atomic mass is 9.83. The minimum atomic E-state index is -0.122. The highest BCUT2D eigenvalue weighted by Gasteiger charge is 2.16. The number of carbonyl (C=O) groups is 2. The summed E-state index contributed by atoms with van der Waals surface area (Å²) in [6.45, 7) is 11.9. The van der Waals surface area contributed by atoms with Crippen molar-refractivity contribution < 1.29 is 9.59 Å². The lowest BCUT2D eigenvalue weighted by Crippen LogP contribution is -2.31. The number of hydrogen-bond acceptors (Lipinski definition) is 3. The summed E-state index contributed by atoms with van der Waals surface area (Å²) in [6, 6.07) is 8.12. The molecular formula is C22H30N2O2S. The highest BCUT2D eigenvalue weighted by atomic mass is 32.1. The molecule has 0 unspecified atom stereocenters. The average molecular weight is 387 g/mol. The monoisotopic (exact) mass is 386 g/mol. The molecule has 0 aliphatic rings. The quantitative estimate of drug-likeness (QED) is 0.751. The average Bonchev–Trinajstić information content (AvgIpc) is 3.10. The van der Waals surface area contributed by atoms with Crippen LogP contribution in [0.2, 0.25) is 0 Å². The van der Waals surface area contributed by atoms with Crippen molar-refractivity contribution in [2.75, 3.05) is 13.1 Å². The first-order valence-electron chi connectivity index (χ1n) is 9.37. The minimum Gasteiger partial charge on any atom is -0.356 e. The van der Waals surface area contributed by atoms with Crippen molar-refractivity contribution in [1.82, 2.24) is 10.6 Å². The molecule has 0 atom stereocenters. The zero-order valence-corrected chi connectivity index (χ0v) is 17.8. The minimum absolute atomic E-state index is 0.0388. The summed E-state index contributed by atoms with van der Waals surface area (Å²) in [5.74, 6) is -0.161. The van der Waals surface area contributed by atoms with Gasteiger partial charge < -0.3 is 10.6 Å². The Morgan fingerprint density at radius 1 is 1.04 bits per heavy atom. The van der Waals surface area contributed by atoms with Crippen molar-refractivity contribution in [3.8, 4) is 0 Å². The van der Waals surface area contributed by atoms with Crippen molar-refractivity contribution in [3.63, 3.8) is 0 Å². The summed E-state index contributed by atoms with van der Waals surface area (Å²) < 4.78 is 0. The molecule has 0 saturated carbocycles. The fourth-order valence-corrected chi connectivity index (χ4v) is 3.66. The van der Waals surface area contributed by atoms with Crippen LogP contribution in [0.4, 0.5) is 0 Å². The lowest BCUT2D eigenvalue weighted by Gasteiger charge is -2.22. The number of nitrogens with one attached hydrogen (secondary N) is 2. The fourth-order valence-electron chi connectivity index (χ4n) is 3.02. The molecule has 2 N–H and O–H groups in total. The van der Waals surface area contributed by atoms with E-state index in [1.54, 1.807) is 6.07 Å². The Hall–Kier alpha value is -2.14. The van der Waals surface area contributed by atoms with Crippen LogP contribution in [-0.4, -0.2) is 24.9 Å². The summed E-state index contributed by atoms with van der Waals surface area (Å²) in [5.41, 5.74) is 5.33. The van der Waals surface area contributed by atoms with Gasteiger partial charge in [0, 0.05) is 19.5 Å². The molecule has 0 fully saturated rings. The first kappa shape index (κ1) is 21.2. The second-order valence-electron chi connectivity index (χ2n) is 7.92. The molecule has 0 bridgehead atoms. The summed E-state index contributed by atoms with van der Waals surface area (Å²) in [6.07, 6.45) is 1.10. The fraction of sp³-hybridized carbons (Fsp3) is 0.455. The molecule has 0 saturated heterocycles. The van der Waals surface area contributed by atoms with E-state index in [9.17, 15) is 9.59 Å². The number of thiophene rings is 1. The Kier molecular flexibility index (Phi) is 7.19. The van der Waals surface area contributed by atoms with Crippen molar-refractivity contribution in [3.05, 3.63) is 56.8 Å². The zero-order chi connectivity index (χ0) is 20.0. The van der Waals surface area contributed by atoms with Gasteiger partial charge in [-0.05, 0) is 59.4 Å². The predicted octanol–water partition coefficient (Wildman–Crippen LogP) is 4.14. The molecule has 1 aromatic heterocycles. The van der Waals surface area contributed by atoms with E-state index in [1.807, 2.05) is 11.4 Å². The molecule has 2 aromatic rings. The Morgan fingerprint density at radius 2 is 1.70 bits per heavy atom. The Bertz CT molecular complexity index is 766. The van der Waals surface area contributed by atoms with Gasteiger partial charge in [0.15, 0.2) is 0 Å². The van der Waals surface area contributed by atoms with Crippen molar-refractivity contribution in [2.24, 2.45) is 0 Å². The van der Waals surface area contributed by atoms with Crippen LogP contribution in [0.25, 0.3) is 0 Å². The SMILES string of the molecule is Cc1cc(C(C)(C)C)cc(C)c1CCNC(=O)CCNC(=O)c1cccs1. The number of amides is 2. The topological polar surface area (TPSA) is 58.2 Å². The third-order valence-corrected chi connectivity index (χ3v) is 5.51. The van der Waals surface area contributed by atoms with Gasteiger partial charge in [-0.1, -0.05) is 39.0 Å². The first-order chi connectivity index (χ1) is 12.7. The highest BCUT2D eigenvalue weighted by Crippen LogP contribution is 2.27. The smallest absolute Gasteiger partial charge is 0.261 e. The molecule has 0 aliphatic carbocycles. The molecule has 146 valence electrons. The van der Waals surface area contributed by atoms with Crippen LogP contribution in [0, 0.1) is 13.8 Å². The van der Waals surface area contributed by atoms with Gasteiger partial charge in [-0.15, -0.1) is 11.3 Å². The number of rotatable bonds is 7. The van der Waals surface area contributed by atoms with Gasteiger partial charge in [0.1, 0.15) is 0 Å². The molecule has 1 aromatic carbocycles. The standard InChI is InChI=1S/C22H30N2O2S/c1-15-13-17(22(3,4)5)14-16(2)18(15)8-10-23-20(25)9-11-24-21(26)19-7-6-12-27-19/h6-7,12-14H,8-11H2,1-5H3,(H,23,25)(H,24,26). The number of aryl methyl sites for hydroxylation is 2. The van der Waals surface area contributed by atoms with E-state index in [-0.39, 0.29) is 23.7 Å². The molecule has 27 heavy (non-hydrogen) atoms. The van der Waals surface area contributed by atoms with Gasteiger partial charge >= 0.3 is 0 Å². The van der Waals surface area contributed by atoms with Crippen LogP contribution < -0.4 is 10.6 Å². The third kappa shape index (κ3) is 6.21. The number of hydrogen-bond donors (Lipinski definition) is 2. The summed E-state index contributed by atoms with van der Waals surface area (Å²) >= 11 is 1.39. The summed E-state index contributed by atoms with van der Waals surface area (Å²) in [4.78, 5) is 24.5. The van der Waals surface area contributed by atoms with Crippen molar-refractivity contribution >= 4 is 23.2 Å². The largest absolute Gasteiger partial charge is 0.356 e. The predicted molar refractivity (Wildman–Crippen MR) is 113 cm³/mol. The van der Waals surface area contributed by atoms with E-state index in [4.69, 9.17) is 0 Å². The normalized spacial score (nSPS) is 11.3. The van der Waals surface area contributed by atoms with Crippen LogP contribution in [0.15, 0.2) is 29.6 Å². The third-order valence-electron chi connectivity index (χ3n) is 4.64. The Balaban J connectivity index is 1.77. The second kappa shape index (κ2) is 9.18. The van der Waals surface area contributed by atoms with Crippen molar-refractivity contribution in [1.29, 1.82) is 0 Å². The van der Waals surface area contributed by atoms with E-state index < -0.39 is 0 Å². The molecule has 1 heterocycles. The Labute approximate surface area is 166 Å². The van der Waals surface area contributed by atoms with Gasteiger partial charge in [0.25, 0.3) is 5.91 Å². The van der Waals surface area contributed by atoms with Crippen molar-refractivity contribution in [2.45, 2.75) is 52.9 Å². The van der Waals surface area contributed by atoms with Gasteiger partial charge in [-0.25, -0.2) is 0 Å². The first-order valence-corrected chi connectivity index (χ1v) is 10.3. The highest BCUT2D eigenvalue weighted by molar-refractivity contribution is 7.12. The van der Waals surface area contributed by atoms with Crippen LogP contribution in [0.3, 0.4) is 0 Å². The molecule has 5 heteroatoms. The summed E-state index contributed by atoms with van der Waals surface area (Å²) in [5, 5.41) is 7.59. The van der Waals surface area contributed by atoms with E-state index in [1.165, 1.54) is 33.6 Å². The zero-order valence-electron chi connectivity index (χ0n) is 16.9. The maximum Gasteiger partial charge on any atom is 0.261 e. The molecule has 4 nitrogen and oxygen atoms in total. The van der Waals surface area contributed by atoms with Gasteiger partial charge in [0.2, 0.25) is 5.91 Å². The maximum absolute atomic E-state index is 12.0. The van der Waals surface area contributed by atoms with E-state index in [0.29, 0.717) is 18.0 Å². The van der Waals surface area contributed by atoms with Gasteiger partial charge in [-0.3, -0.25) is 9.59 Å². The van der Waals surface area contributed by atoms with Crippen LogP contribution >= 0.6 is 11.3 Å². The molecule has 2 rings (SSSR count). The van der Waals surface area contributed by atoms with Crippen LogP contribution in [-0.2, 0) is 16.6 Å². The molecule has 0 spiro atoms. The van der Waals surface area contributed by atoms with Crippen LogP contribution in [0.5, 0.6) is 0 Å². The molecule has 2 amide bonds. The molecule has 0 radical (unpaired) electrons. The number of carbonyl (C=O) groups excluding carboxylic acids is 2. The Morgan fingerprint density at radius 3 is 2.26 bits per heavy atom.